The summed E-state index contributed by atoms with van der Waals surface area (Å²) in [6.45, 7) is 26.9. The summed E-state index contributed by atoms with van der Waals surface area (Å²) in [6.07, 6.45) is 0. The molecule has 0 saturated carbocycles. The summed E-state index contributed by atoms with van der Waals surface area (Å²) in [6, 6.07) is 0. The van der Waals surface area contributed by atoms with E-state index in [4.69, 9.17) is 0 Å². The van der Waals surface area contributed by atoms with E-state index in [9.17, 15) is 0 Å². The molecule has 0 N–H and O–H groups in total. The van der Waals surface area contributed by atoms with E-state index >= 15 is 0 Å². The van der Waals surface area contributed by atoms with Crippen molar-refractivity contribution in [1.82, 2.24) is 0 Å². The van der Waals surface area contributed by atoms with Gasteiger partial charge in [0.05, 0.1) is 8.07 Å². The lowest BCUT2D eigenvalue weighted by Crippen LogP contribution is -2.24. The molecule has 0 aliphatic carbocycles. The number of allylic oxidation sites excluding steroid dienone is 1. The van der Waals surface area contributed by atoms with E-state index in [0.29, 0.717) is 0 Å². The maximum absolute atomic E-state index is 3.65. The standard InChI is InChI=1S/C21H36Si2/c1-20(2,3)15-13-18(21(4,5)6)17-19(23(10,11)12)14-16-22(7,8)9/h1-12H3. The van der Waals surface area contributed by atoms with E-state index in [-0.39, 0.29) is 10.8 Å². The number of rotatable bonds is 1. The van der Waals surface area contributed by atoms with Crippen LogP contribution in [-0.4, -0.2) is 16.1 Å². The molecule has 0 nitrogen and oxygen atoms in total. The molecule has 2 heteroatoms. The molecule has 0 aromatic heterocycles. The quantitative estimate of drug-likeness (QED) is 0.298. The number of hydrogen-bond donors (Lipinski definition) is 0. The fourth-order valence-corrected chi connectivity index (χ4v) is 3.00. The largest absolute Gasteiger partial charge is 0.129 e. The van der Waals surface area contributed by atoms with Crippen LogP contribution in [-0.2, 0) is 0 Å². The summed E-state index contributed by atoms with van der Waals surface area (Å²) >= 11 is 0. The molecular formula is C21H36Si2. The fraction of sp³-hybridized carbons (Fsp3) is 0.667. The van der Waals surface area contributed by atoms with Gasteiger partial charge in [-0.3, -0.25) is 0 Å². The normalized spacial score (nSPS) is 12.3. The van der Waals surface area contributed by atoms with Crippen molar-refractivity contribution in [2.45, 2.75) is 80.8 Å². The van der Waals surface area contributed by atoms with Crippen molar-refractivity contribution < 1.29 is 0 Å². The van der Waals surface area contributed by atoms with Crippen molar-refractivity contribution in [2.75, 3.05) is 0 Å². The smallest absolute Gasteiger partial charge is 0.127 e. The SMILES string of the molecule is CC(C)(C)C#CC(=C=C(C#C[Si](C)(C)C)[Si](C)(C)C)C(C)(C)C. The lowest BCUT2D eigenvalue weighted by atomic mass is 9.86. The Hall–Kier alpha value is -0.926. The first-order chi connectivity index (χ1) is 9.92. The Bertz CT molecular complexity index is 553. The van der Waals surface area contributed by atoms with Gasteiger partial charge < -0.3 is 0 Å². The minimum atomic E-state index is -1.54. The highest BCUT2D eigenvalue weighted by Crippen LogP contribution is 2.26. The van der Waals surface area contributed by atoms with Gasteiger partial charge in [-0.05, 0) is 20.8 Å². The van der Waals surface area contributed by atoms with Gasteiger partial charge in [0.25, 0.3) is 0 Å². The Balaban J connectivity index is 6.51. The van der Waals surface area contributed by atoms with E-state index in [1.54, 1.807) is 0 Å². The van der Waals surface area contributed by atoms with Crippen molar-refractivity contribution in [3.8, 4) is 23.3 Å². The van der Waals surface area contributed by atoms with Crippen molar-refractivity contribution >= 4 is 16.1 Å². The zero-order valence-corrected chi connectivity index (χ0v) is 19.5. The van der Waals surface area contributed by atoms with Gasteiger partial charge in [0.1, 0.15) is 8.07 Å². The third kappa shape index (κ3) is 10.5. The molecule has 0 atom stereocenters. The highest BCUT2D eigenvalue weighted by Gasteiger charge is 2.22. The molecule has 0 radical (unpaired) electrons. The van der Waals surface area contributed by atoms with Gasteiger partial charge in [-0.2, -0.15) is 0 Å². The molecule has 0 aromatic rings. The van der Waals surface area contributed by atoms with E-state index in [1.807, 2.05) is 0 Å². The lowest BCUT2D eigenvalue weighted by molar-refractivity contribution is 0.520. The van der Waals surface area contributed by atoms with Crippen LogP contribution < -0.4 is 0 Å². The van der Waals surface area contributed by atoms with Gasteiger partial charge in [-0.15, -0.1) is 5.54 Å². The minimum Gasteiger partial charge on any atom is -0.127 e. The van der Waals surface area contributed by atoms with Crippen LogP contribution in [0.15, 0.2) is 16.5 Å². The second-order valence-electron chi connectivity index (χ2n) is 10.4. The van der Waals surface area contributed by atoms with Gasteiger partial charge in [0, 0.05) is 21.6 Å². The first-order valence-electron chi connectivity index (χ1n) is 8.50. The van der Waals surface area contributed by atoms with Gasteiger partial charge in [0.2, 0.25) is 0 Å². The van der Waals surface area contributed by atoms with Crippen LogP contribution in [0.2, 0.25) is 39.3 Å². The zero-order chi connectivity index (χ0) is 18.7. The highest BCUT2D eigenvalue weighted by molar-refractivity contribution is 6.86. The van der Waals surface area contributed by atoms with Crippen LogP contribution in [0.3, 0.4) is 0 Å². The Labute approximate surface area is 147 Å². The minimum absolute atomic E-state index is 0.00149. The third-order valence-corrected chi connectivity index (χ3v) is 5.50. The molecule has 0 rings (SSSR count). The molecule has 0 fully saturated rings. The van der Waals surface area contributed by atoms with Crippen LogP contribution in [0.1, 0.15) is 41.5 Å². The summed E-state index contributed by atoms with van der Waals surface area (Å²) in [4.78, 5) is 0. The van der Waals surface area contributed by atoms with Gasteiger partial charge in [0.15, 0.2) is 0 Å². The van der Waals surface area contributed by atoms with Crippen molar-refractivity contribution in [2.24, 2.45) is 10.8 Å². The first-order valence-corrected chi connectivity index (χ1v) is 15.5. The molecule has 0 spiro atoms. The van der Waals surface area contributed by atoms with Gasteiger partial charge >= 0.3 is 0 Å². The van der Waals surface area contributed by atoms with Crippen molar-refractivity contribution in [3.63, 3.8) is 0 Å². The lowest BCUT2D eigenvalue weighted by Gasteiger charge is -2.20. The molecule has 0 saturated heterocycles. The molecule has 0 aromatic carbocycles. The molecule has 0 unspecified atom stereocenters. The van der Waals surface area contributed by atoms with E-state index < -0.39 is 16.1 Å². The molecule has 0 bridgehead atoms. The molecule has 128 valence electrons. The average molecular weight is 345 g/mol. The molecule has 23 heavy (non-hydrogen) atoms. The predicted molar refractivity (Wildman–Crippen MR) is 112 cm³/mol. The molecule has 0 aliphatic heterocycles. The van der Waals surface area contributed by atoms with Crippen molar-refractivity contribution in [1.29, 1.82) is 0 Å². The van der Waals surface area contributed by atoms with E-state index in [0.717, 1.165) is 5.57 Å². The van der Waals surface area contributed by atoms with Crippen LogP contribution in [0.4, 0.5) is 0 Å². The monoisotopic (exact) mass is 344 g/mol. The Morgan fingerprint density at radius 1 is 0.739 bits per heavy atom. The van der Waals surface area contributed by atoms with Crippen molar-refractivity contribution in [3.05, 3.63) is 16.5 Å². The van der Waals surface area contributed by atoms with Crippen LogP contribution in [0.5, 0.6) is 0 Å². The topological polar surface area (TPSA) is 0 Å². The average Bonchev–Trinajstić information content (AvgIpc) is 2.21. The van der Waals surface area contributed by atoms with Gasteiger partial charge in [-0.1, -0.05) is 83.5 Å². The van der Waals surface area contributed by atoms with Crippen LogP contribution in [0.25, 0.3) is 0 Å². The fourth-order valence-electron chi connectivity index (χ4n) is 1.44. The van der Waals surface area contributed by atoms with Crippen LogP contribution >= 0.6 is 0 Å². The Morgan fingerprint density at radius 3 is 1.52 bits per heavy atom. The predicted octanol–water partition coefficient (Wildman–Crippen LogP) is 6.29. The molecular weight excluding hydrogens is 308 g/mol. The summed E-state index contributed by atoms with van der Waals surface area (Å²) in [5.74, 6) is 10.3. The number of hydrogen-bond acceptors (Lipinski definition) is 0. The summed E-state index contributed by atoms with van der Waals surface area (Å²) in [7, 11) is -2.93. The molecule has 0 amide bonds. The Morgan fingerprint density at radius 2 is 1.22 bits per heavy atom. The summed E-state index contributed by atoms with van der Waals surface area (Å²) < 4.78 is 0. The van der Waals surface area contributed by atoms with E-state index in [2.05, 4.69) is 110 Å². The highest BCUT2D eigenvalue weighted by atomic mass is 28.3. The maximum atomic E-state index is 3.65. The van der Waals surface area contributed by atoms with E-state index in [1.165, 1.54) is 5.20 Å². The summed E-state index contributed by atoms with van der Waals surface area (Å²) in [5.41, 5.74) is 8.24. The maximum Gasteiger partial charge on any atom is 0.129 e. The second kappa shape index (κ2) is 7.31. The third-order valence-electron chi connectivity index (χ3n) is 2.88. The van der Waals surface area contributed by atoms with Crippen LogP contribution in [0, 0.1) is 34.1 Å². The Kier molecular flexibility index (Phi) is 7.02. The molecule has 0 aliphatic rings. The zero-order valence-electron chi connectivity index (χ0n) is 17.5. The summed E-state index contributed by atoms with van der Waals surface area (Å²) in [5, 5.41) is 1.20. The molecule has 0 heterocycles. The first kappa shape index (κ1) is 22.1. The second-order valence-corrected chi connectivity index (χ2v) is 20.1. The van der Waals surface area contributed by atoms with Gasteiger partial charge in [-0.25, -0.2) is 0 Å².